The fourth-order valence-corrected chi connectivity index (χ4v) is 1.98. The van der Waals surface area contributed by atoms with E-state index in [1.165, 1.54) is 6.21 Å². The van der Waals surface area contributed by atoms with Crippen LogP contribution in [0.5, 0.6) is 0 Å². The number of hydrogen-bond donors (Lipinski definition) is 2. The monoisotopic (exact) mass is 166 g/mol. The molecule has 0 saturated carbocycles. The lowest BCUT2D eigenvalue weighted by Crippen LogP contribution is -2.08. The number of nitrogens with one attached hydrogen (secondary N) is 1. The lowest BCUT2D eigenvalue weighted by atomic mass is 9.60. The van der Waals surface area contributed by atoms with Crippen molar-refractivity contribution >= 4 is 26.1 Å². The van der Waals surface area contributed by atoms with Gasteiger partial charge in [-0.1, -0.05) is 18.3 Å². The van der Waals surface area contributed by atoms with Gasteiger partial charge in [0.1, 0.15) is 7.28 Å². The molecule has 0 amide bonds. The Morgan fingerprint density at radius 1 is 1.73 bits per heavy atom. The largest absolute Gasteiger partial charge is 0.314 e. The molecule has 1 rings (SSSR count). The standard InChI is InChI=1S/C8H13BNS/c1-2-7-3-6(5-11)8(4-10)9-7/h2,4,6-8,10-11H,1,3,5H2. The Balaban J connectivity index is 2.53. The van der Waals surface area contributed by atoms with E-state index in [2.05, 4.69) is 26.5 Å². The number of allylic oxidation sites excluding steroid dienone is 1. The number of rotatable bonds is 3. The Bertz CT molecular complexity index is 160. The molecule has 0 bridgehead atoms. The van der Waals surface area contributed by atoms with Crippen LogP contribution in [0.3, 0.4) is 0 Å². The molecule has 3 atom stereocenters. The smallest absolute Gasteiger partial charge is 0.130 e. The summed E-state index contributed by atoms with van der Waals surface area (Å²) in [6.07, 6.45) is 4.59. The molecule has 1 fully saturated rings. The second-order valence-electron chi connectivity index (χ2n) is 3.01. The lowest BCUT2D eigenvalue weighted by Gasteiger charge is -2.10. The molecule has 0 aromatic carbocycles. The molecule has 1 saturated heterocycles. The highest BCUT2D eigenvalue weighted by Crippen LogP contribution is 2.37. The molecule has 1 nitrogen and oxygen atoms in total. The topological polar surface area (TPSA) is 23.9 Å². The van der Waals surface area contributed by atoms with Crippen molar-refractivity contribution < 1.29 is 0 Å². The first-order valence-corrected chi connectivity index (χ1v) is 4.54. The van der Waals surface area contributed by atoms with E-state index in [4.69, 9.17) is 5.41 Å². The predicted molar refractivity (Wildman–Crippen MR) is 54.2 cm³/mol. The van der Waals surface area contributed by atoms with E-state index < -0.39 is 0 Å². The van der Waals surface area contributed by atoms with Crippen molar-refractivity contribution in [1.82, 2.24) is 0 Å². The van der Waals surface area contributed by atoms with E-state index in [0.717, 1.165) is 12.2 Å². The summed E-state index contributed by atoms with van der Waals surface area (Å²) in [5, 5.41) is 7.17. The van der Waals surface area contributed by atoms with Gasteiger partial charge in [-0.2, -0.15) is 12.6 Å². The first kappa shape index (κ1) is 8.92. The predicted octanol–water partition coefficient (Wildman–Crippen LogP) is 2.05. The average Bonchev–Trinajstić information content (AvgIpc) is 2.46. The second kappa shape index (κ2) is 4.00. The summed E-state index contributed by atoms with van der Waals surface area (Å²) in [7, 11) is 2.20. The van der Waals surface area contributed by atoms with E-state index in [1.807, 2.05) is 6.08 Å². The molecule has 0 aliphatic carbocycles. The fraction of sp³-hybridized carbons (Fsp3) is 0.625. The maximum absolute atomic E-state index is 7.17. The second-order valence-corrected chi connectivity index (χ2v) is 3.38. The van der Waals surface area contributed by atoms with E-state index in [-0.39, 0.29) is 0 Å². The Morgan fingerprint density at radius 3 is 2.82 bits per heavy atom. The minimum absolute atomic E-state index is 0.329. The molecule has 0 aromatic rings. The fourth-order valence-electron chi connectivity index (χ4n) is 1.59. The van der Waals surface area contributed by atoms with Gasteiger partial charge < -0.3 is 5.41 Å². The van der Waals surface area contributed by atoms with Crippen LogP contribution in [-0.4, -0.2) is 19.2 Å². The van der Waals surface area contributed by atoms with Crippen molar-refractivity contribution in [2.45, 2.75) is 18.1 Å². The number of hydrogen-bond acceptors (Lipinski definition) is 2. The van der Waals surface area contributed by atoms with Crippen LogP contribution >= 0.6 is 12.6 Å². The first-order valence-electron chi connectivity index (χ1n) is 3.90. The van der Waals surface area contributed by atoms with Gasteiger partial charge in [-0.3, -0.25) is 0 Å². The molecule has 1 heterocycles. The van der Waals surface area contributed by atoms with Gasteiger partial charge in [0.2, 0.25) is 0 Å². The molecule has 59 valence electrons. The molecule has 1 radical (unpaired) electrons. The molecule has 11 heavy (non-hydrogen) atoms. The third kappa shape index (κ3) is 1.89. The highest BCUT2D eigenvalue weighted by molar-refractivity contribution is 7.80. The normalized spacial score (nSPS) is 36.3. The summed E-state index contributed by atoms with van der Waals surface area (Å²) in [5.74, 6) is 2.26. The van der Waals surface area contributed by atoms with Crippen LogP contribution in [0.15, 0.2) is 12.7 Å². The van der Waals surface area contributed by atoms with Crippen LogP contribution in [0.4, 0.5) is 0 Å². The quantitative estimate of drug-likeness (QED) is 0.277. The SMILES string of the molecule is C=CC1[B]C(C=N)C(CS)C1. The van der Waals surface area contributed by atoms with E-state index in [1.54, 1.807) is 0 Å². The number of thiol groups is 1. The van der Waals surface area contributed by atoms with Crippen molar-refractivity contribution in [3.8, 4) is 0 Å². The summed E-state index contributed by atoms with van der Waals surface area (Å²) in [5.41, 5.74) is 0. The molecule has 0 spiro atoms. The molecular weight excluding hydrogens is 153 g/mol. The highest BCUT2D eigenvalue weighted by Gasteiger charge is 2.31. The molecule has 3 unspecified atom stereocenters. The summed E-state index contributed by atoms with van der Waals surface area (Å²) in [4.78, 5) is 0. The lowest BCUT2D eigenvalue weighted by molar-refractivity contribution is 0.616. The van der Waals surface area contributed by atoms with Gasteiger partial charge >= 0.3 is 0 Å². The zero-order chi connectivity index (χ0) is 8.27. The van der Waals surface area contributed by atoms with Gasteiger partial charge in [-0.25, -0.2) is 0 Å². The van der Waals surface area contributed by atoms with Crippen LogP contribution in [0.25, 0.3) is 0 Å². The molecule has 1 aliphatic heterocycles. The van der Waals surface area contributed by atoms with Crippen LogP contribution in [0.1, 0.15) is 6.42 Å². The molecule has 1 N–H and O–H groups in total. The Hall–Kier alpha value is -0.175. The zero-order valence-corrected chi connectivity index (χ0v) is 7.43. The van der Waals surface area contributed by atoms with Gasteiger partial charge in [0.25, 0.3) is 0 Å². The van der Waals surface area contributed by atoms with Crippen molar-refractivity contribution in [3.63, 3.8) is 0 Å². The van der Waals surface area contributed by atoms with Crippen molar-refractivity contribution in [2.75, 3.05) is 5.75 Å². The Morgan fingerprint density at radius 2 is 2.45 bits per heavy atom. The Labute approximate surface area is 74.4 Å². The van der Waals surface area contributed by atoms with Gasteiger partial charge in [0.15, 0.2) is 0 Å². The van der Waals surface area contributed by atoms with Crippen LogP contribution < -0.4 is 0 Å². The van der Waals surface area contributed by atoms with Crippen molar-refractivity contribution in [3.05, 3.63) is 12.7 Å². The maximum Gasteiger partial charge on any atom is 0.130 e. The van der Waals surface area contributed by atoms with E-state index >= 15 is 0 Å². The van der Waals surface area contributed by atoms with Crippen LogP contribution in [-0.2, 0) is 0 Å². The molecular formula is C8H13BNS. The maximum atomic E-state index is 7.17. The zero-order valence-electron chi connectivity index (χ0n) is 6.53. The molecule has 0 aromatic heterocycles. The molecule has 1 aliphatic rings. The van der Waals surface area contributed by atoms with Gasteiger partial charge in [-0.15, -0.1) is 6.58 Å². The average molecular weight is 166 g/mol. The Kier molecular flexibility index (Phi) is 3.25. The summed E-state index contributed by atoms with van der Waals surface area (Å²) >= 11 is 4.25. The van der Waals surface area contributed by atoms with Crippen molar-refractivity contribution in [2.24, 2.45) is 5.92 Å². The minimum atomic E-state index is 0.329. The van der Waals surface area contributed by atoms with E-state index in [0.29, 0.717) is 17.6 Å². The van der Waals surface area contributed by atoms with Gasteiger partial charge in [0, 0.05) is 0 Å². The first-order chi connectivity index (χ1) is 5.31. The summed E-state index contributed by atoms with van der Waals surface area (Å²) in [6, 6.07) is 0. The summed E-state index contributed by atoms with van der Waals surface area (Å²) < 4.78 is 0. The van der Waals surface area contributed by atoms with Gasteiger partial charge in [0.05, 0.1) is 0 Å². The van der Waals surface area contributed by atoms with Crippen molar-refractivity contribution in [1.29, 1.82) is 5.41 Å². The third-order valence-corrected chi connectivity index (χ3v) is 2.79. The van der Waals surface area contributed by atoms with Crippen LogP contribution in [0, 0.1) is 11.3 Å². The third-order valence-electron chi connectivity index (χ3n) is 2.32. The van der Waals surface area contributed by atoms with Crippen LogP contribution in [0.2, 0.25) is 11.6 Å². The minimum Gasteiger partial charge on any atom is -0.314 e. The summed E-state index contributed by atoms with van der Waals surface area (Å²) in [6.45, 7) is 3.75. The van der Waals surface area contributed by atoms with Gasteiger partial charge in [-0.05, 0) is 23.7 Å². The van der Waals surface area contributed by atoms with E-state index in [9.17, 15) is 0 Å². The molecule has 3 heteroatoms. The highest BCUT2D eigenvalue weighted by atomic mass is 32.1.